The fourth-order valence-electron chi connectivity index (χ4n) is 1.66. The zero-order valence-corrected chi connectivity index (χ0v) is 8.67. The van der Waals surface area contributed by atoms with E-state index in [0.717, 1.165) is 23.9 Å². The molecule has 1 N–H and O–H groups in total. The monoisotopic (exact) mass is 176 g/mol. The molecule has 70 valence electrons. The Bertz CT molecular complexity index is 283. The summed E-state index contributed by atoms with van der Waals surface area (Å²) in [6.07, 6.45) is 2.30. The average molecular weight is 176 g/mol. The number of hydrogen-bond donors (Lipinski definition) is 1. The maximum atomic E-state index is 9.69. The van der Waals surface area contributed by atoms with Crippen molar-refractivity contribution in [3.63, 3.8) is 0 Å². The highest BCUT2D eigenvalue weighted by Gasteiger charge is 2.08. The van der Waals surface area contributed by atoms with Crippen LogP contribution in [0.2, 0.25) is 0 Å². The molecule has 0 heterocycles. The molecule has 1 atom stereocenters. The summed E-state index contributed by atoms with van der Waals surface area (Å²) < 4.78 is 0. The lowest BCUT2D eigenvalue weighted by Gasteiger charge is -2.12. The van der Waals surface area contributed by atoms with Gasteiger partial charge in [0.05, 0.1) is 0 Å². The maximum absolute atomic E-state index is 9.69. The fourth-order valence-corrected chi connectivity index (χ4v) is 1.66. The molecule has 13 heavy (non-hydrogen) atoms. The highest BCUT2D eigenvalue weighted by atomic mass is 16.3. The highest BCUT2D eigenvalue weighted by Crippen LogP contribution is 2.27. The van der Waals surface area contributed by atoms with Gasteiger partial charge in [0.2, 0.25) is 0 Å². The van der Waals surface area contributed by atoms with Crippen LogP contribution in [0.3, 0.4) is 0 Å². The van der Waals surface area contributed by atoms with Crippen molar-refractivity contribution in [2.45, 2.75) is 32.6 Å². The Morgan fingerprint density at radius 1 is 1.46 bits per heavy atom. The number of phenolic OH excluding ortho intramolecular Hbond substituents is 1. The van der Waals surface area contributed by atoms with Crippen LogP contribution < -0.4 is 5.46 Å². The van der Waals surface area contributed by atoms with E-state index in [9.17, 15) is 5.11 Å². The van der Waals surface area contributed by atoms with Gasteiger partial charge in [-0.1, -0.05) is 37.9 Å². The second-order valence-corrected chi connectivity index (χ2v) is 3.75. The van der Waals surface area contributed by atoms with Crippen molar-refractivity contribution in [1.29, 1.82) is 0 Å². The molecule has 0 amide bonds. The summed E-state index contributed by atoms with van der Waals surface area (Å²) >= 11 is 0. The number of aromatic hydroxyl groups is 1. The summed E-state index contributed by atoms with van der Waals surface area (Å²) in [6.45, 7) is 4.33. The van der Waals surface area contributed by atoms with Crippen LogP contribution in [-0.2, 0) is 0 Å². The Morgan fingerprint density at radius 2 is 2.15 bits per heavy atom. The van der Waals surface area contributed by atoms with Crippen LogP contribution in [0.25, 0.3) is 0 Å². The second kappa shape index (κ2) is 4.36. The van der Waals surface area contributed by atoms with Gasteiger partial charge >= 0.3 is 0 Å². The molecule has 0 saturated carbocycles. The molecule has 0 aliphatic heterocycles. The first-order chi connectivity index (χ1) is 6.15. The Balaban J connectivity index is 2.88. The molecule has 0 saturated heterocycles. The third-order valence-electron chi connectivity index (χ3n) is 2.44. The third-order valence-corrected chi connectivity index (χ3v) is 2.44. The van der Waals surface area contributed by atoms with E-state index in [4.69, 9.17) is 0 Å². The zero-order valence-electron chi connectivity index (χ0n) is 8.67. The van der Waals surface area contributed by atoms with E-state index in [1.165, 1.54) is 0 Å². The SMILES string of the molecule is Bc1ccc(C(C)CCC)c(O)c1. The van der Waals surface area contributed by atoms with Crippen molar-refractivity contribution in [3.05, 3.63) is 23.8 Å². The molecule has 0 aromatic heterocycles. The molecule has 2 heteroatoms. The topological polar surface area (TPSA) is 20.2 Å². The standard InChI is InChI=1S/C11H17BO/c1-3-4-8(2)10-6-5-9(12)7-11(10)13/h5-8,13H,3-4,12H2,1-2H3. The van der Waals surface area contributed by atoms with Crippen LogP contribution in [-0.4, -0.2) is 13.0 Å². The van der Waals surface area contributed by atoms with Gasteiger partial charge in [0.25, 0.3) is 0 Å². The first-order valence-electron chi connectivity index (χ1n) is 4.94. The maximum Gasteiger partial charge on any atom is 0.139 e. The lowest BCUT2D eigenvalue weighted by molar-refractivity contribution is 0.460. The fraction of sp³-hybridized carbons (Fsp3) is 0.455. The Morgan fingerprint density at radius 3 is 2.69 bits per heavy atom. The molecule has 1 nitrogen and oxygen atoms in total. The van der Waals surface area contributed by atoms with Gasteiger partial charge in [-0.25, -0.2) is 0 Å². The Kier molecular flexibility index (Phi) is 3.41. The van der Waals surface area contributed by atoms with E-state index in [1.807, 2.05) is 20.0 Å². The van der Waals surface area contributed by atoms with Crippen molar-refractivity contribution in [2.24, 2.45) is 0 Å². The lowest BCUT2D eigenvalue weighted by Crippen LogP contribution is -2.03. The molecule has 0 bridgehead atoms. The van der Waals surface area contributed by atoms with Gasteiger partial charge in [-0.2, -0.15) is 0 Å². The third kappa shape index (κ3) is 2.51. The first-order valence-corrected chi connectivity index (χ1v) is 4.94. The average Bonchev–Trinajstić information content (AvgIpc) is 2.04. The first kappa shape index (κ1) is 10.2. The molecule has 0 radical (unpaired) electrons. The molecule has 0 aliphatic rings. The molecular formula is C11H17BO. The highest BCUT2D eigenvalue weighted by molar-refractivity contribution is 6.32. The quantitative estimate of drug-likeness (QED) is 0.692. The summed E-state index contributed by atoms with van der Waals surface area (Å²) in [6, 6.07) is 5.92. The smallest absolute Gasteiger partial charge is 0.139 e. The molecule has 1 aromatic rings. The predicted octanol–water partition coefficient (Wildman–Crippen LogP) is 1.55. The molecule has 0 spiro atoms. The number of phenols is 1. The summed E-state index contributed by atoms with van der Waals surface area (Å²) in [5, 5.41) is 9.69. The molecular weight excluding hydrogens is 159 g/mol. The van der Waals surface area contributed by atoms with Gasteiger partial charge in [-0.3, -0.25) is 0 Å². The Hall–Kier alpha value is -0.915. The molecule has 1 rings (SSSR count). The van der Waals surface area contributed by atoms with Crippen molar-refractivity contribution in [2.75, 3.05) is 0 Å². The Labute approximate surface area is 81.2 Å². The predicted molar refractivity (Wildman–Crippen MR) is 59.6 cm³/mol. The van der Waals surface area contributed by atoms with Gasteiger partial charge in [0.1, 0.15) is 13.6 Å². The number of rotatable bonds is 3. The number of benzene rings is 1. The summed E-state index contributed by atoms with van der Waals surface area (Å²) in [5.74, 6) is 0.909. The minimum absolute atomic E-state index is 0.445. The van der Waals surface area contributed by atoms with Crippen LogP contribution in [0.1, 0.15) is 38.2 Å². The zero-order chi connectivity index (χ0) is 9.84. The van der Waals surface area contributed by atoms with Crippen molar-refractivity contribution < 1.29 is 5.11 Å². The van der Waals surface area contributed by atoms with Gasteiger partial charge in [-0.15, -0.1) is 0 Å². The molecule has 1 unspecified atom stereocenters. The largest absolute Gasteiger partial charge is 0.508 e. The molecule has 1 aromatic carbocycles. The normalized spacial score (nSPS) is 12.8. The van der Waals surface area contributed by atoms with Gasteiger partial charge in [0.15, 0.2) is 0 Å². The minimum atomic E-state index is 0.445. The van der Waals surface area contributed by atoms with E-state index < -0.39 is 0 Å². The van der Waals surface area contributed by atoms with Crippen LogP contribution >= 0.6 is 0 Å². The van der Waals surface area contributed by atoms with E-state index in [-0.39, 0.29) is 0 Å². The van der Waals surface area contributed by atoms with Gasteiger partial charge in [0, 0.05) is 0 Å². The van der Waals surface area contributed by atoms with Crippen molar-refractivity contribution in [1.82, 2.24) is 0 Å². The molecule has 0 fully saturated rings. The minimum Gasteiger partial charge on any atom is -0.508 e. The van der Waals surface area contributed by atoms with E-state index in [0.29, 0.717) is 11.7 Å². The lowest BCUT2D eigenvalue weighted by atomic mass is 9.90. The van der Waals surface area contributed by atoms with Crippen LogP contribution in [0, 0.1) is 0 Å². The van der Waals surface area contributed by atoms with Crippen molar-refractivity contribution in [3.8, 4) is 5.75 Å². The van der Waals surface area contributed by atoms with E-state index in [2.05, 4.69) is 19.9 Å². The summed E-state index contributed by atoms with van der Waals surface area (Å²) in [5.41, 5.74) is 2.19. The van der Waals surface area contributed by atoms with Gasteiger partial charge < -0.3 is 5.11 Å². The van der Waals surface area contributed by atoms with Crippen molar-refractivity contribution >= 4 is 13.3 Å². The summed E-state index contributed by atoms with van der Waals surface area (Å²) in [4.78, 5) is 0. The van der Waals surface area contributed by atoms with Gasteiger partial charge in [-0.05, 0) is 24.0 Å². The van der Waals surface area contributed by atoms with Crippen LogP contribution in [0.4, 0.5) is 0 Å². The number of hydrogen-bond acceptors (Lipinski definition) is 1. The van der Waals surface area contributed by atoms with E-state index in [1.54, 1.807) is 0 Å². The second-order valence-electron chi connectivity index (χ2n) is 3.75. The summed E-state index contributed by atoms with van der Waals surface area (Å²) in [7, 11) is 1.99. The van der Waals surface area contributed by atoms with Crippen LogP contribution in [0.15, 0.2) is 18.2 Å². The molecule has 0 aliphatic carbocycles. The van der Waals surface area contributed by atoms with E-state index >= 15 is 0 Å². The van der Waals surface area contributed by atoms with Crippen LogP contribution in [0.5, 0.6) is 5.75 Å².